The molecule has 5 nitrogen and oxygen atoms in total. The summed E-state index contributed by atoms with van der Waals surface area (Å²) in [6.45, 7) is 1.33. The van der Waals surface area contributed by atoms with E-state index in [1.807, 2.05) is 22.4 Å². The summed E-state index contributed by atoms with van der Waals surface area (Å²) in [6.07, 6.45) is 2.43. The van der Waals surface area contributed by atoms with Crippen molar-refractivity contribution in [1.29, 1.82) is 0 Å². The minimum atomic E-state index is 0.000567. The lowest BCUT2D eigenvalue weighted by Gasteiger charge is -2.15. The number of hydrogen-bond donors (Lipinski definition) is 0. The molecule has 2 aromatic rings. The fourth-order valence-corrected chi connectivity index (χ4v) is 2.78. The van der Waals surface area contributed by atoms with Gasteiger partial charge >= 0.3 is 0 Å². The number of rotatable bonds is 3. The van der Waals surface area contributed by atoms with E-state index in [2.05, 4.69) is 10.2 Å². The zero-order valence-corrected chi connectivity index (χ0v) is 11.0. The molecule has 98 valence electrons. The highest BCUT2D eigenvalue weighted by atomic mass is 32.1. The Hall–Kier alpha value is -1.95. The van der Waals surface area contributed by atoms with Crippen molar-refractivity contribution in [2.24, 2.45) is 0 Å². The first-order valence-electron chi connectivity index (χ1n) is 6.10. The van der Waals surface area contributed by atoms with Gasteiger partial charge in [0.2, 0.25) is 5.88 Å². The van der Waals surface area contributed by atoms with E-state index in [9.17, 15) is 4.79 Å². The molecule has 3 heterocycles. The summed E-state index contributed by atoms with van der Waals surface area (Å²) in [5, 5.41) is 9.57. The van der Waals surface area contributed by atoms with Crippen LogP contribution in [0, 0.1) is 0 Å². The van der Waals surface area contributed by atoms with Crippen LogP contribution in [0.3, 0.4) is 0 Å². The Labute approximate surface area is 114 Å². The minimum Gasteiger partial charge on any atom is -0.471 e. The zero-order valence-electron chi connectivity index (χ0n) is 10.2. The molecular formula is C13H13N3O2S. The van der Waals surface area contributed by atoms with Crippen molar-refractivity contribution in [3.05, 3.63) is 40.7 Å². The average Bonchev–Trinajstić information content (AvgIpc) is 3.10. The number of likely N-dealkylation sites (tertiary alicyclic amines) is 1. The van der Waals surface area contributed by atoms with Gasteiger partial charge in [-0.05, 0) is 17.5 Å². The van der Waals surface area contributed by atoms with Crippen LogP contribution in [0.25, 0.3) is 0 Å². The second-order valence-corrected chi connectivity index (χ2v) is 5.27. The second kappa shape index (κ2) is 5.36. The van der Waals surface area contributed by atoms with Gasteiger partial charge in [0.25, 0.3) is 5.91 Å². The predicted octanol–water partition coefficient (Wildman–Crippen LogP) is 1.83. The Kier molecular flexibility index (Phi) is 3.41. The van der Waals surface area contributed by atoms with Crippen molar-refractivity contribution < 1.29 is 9.53 Å². The van der Waals surface area contributed by atoms with Gasteiger partial charge in [-0.15, -0.1) is 16.4 Å². The minimum absolute atomic E-state index is 0.000567. The predicted molar refractivity (Wildman–Crippen MR) is 71.3 cm³/mol. The third-order valence-corrected chi connectivity index (χ3v) is 3.86. The Balaban J connectivity index is 1.60. The molecule has 1 amide bonds. The molecule has 3 rings (SSSR count). The molecule has 1 fully saturated rings. The van der Waals surface area contributed by atoms with Crippen LogP contribution >= 0.6 is 11.3 Å². The molecule has 1 saturated heterocycles. The normalized spacial score (nSPS) is 18.5. The largest absolute Gasteiger partial charge is 0.471 e. The SMILES string of the molecule is O=C(c1cccs1)N1CC[C@H](Oc2cccnn2)C1. The number of hydrogen-bond acceptors (Lipinski definition) is 5. The first-order valence-corrected chi connectivity index (χ1v) is 6.98. The summed E-state index contributed by atoms with van der Waals surface area (Å²) in [7, 11) is 0. The maximum Gasteiger partial charge on any atom is 0.264 e. The molecule has 2 aromatic heterocycles. The van der Waals surface area contributed by atoms with Crippen LogP contribution in [-0.4, -0.2) is 40.2 Å². The summed E-state index contributed by atoms with van der Waals surface area (Å²) in [4.78, 5) is 14.8. The Morgan fingerprint density at radius 2 is 2.37 bits per heavy atom. The highest BCUT2D eigenvalue weighted by molar-refractivity contribution is 7.12. The van der Waals surface area contributed by atoms with Gasteiger partial charge in [-0.3, -0.25) is 4.79 Å². The summed E-state index contributed by atoms with van der Waals surface area (Å²) in [5.74, 6) is 0.596. The molecule has 0 N–H and O–H groups in total. The molecule has 0 spiro atoms. The lowest BCUT2D eigenvalue weighted by molar-refractivity contribution is 0.0775. The van der Waals surface area contributed by atoms with E-state index in [-0.39, 0.29) is 12.0 Å². The van der Waals surface area contributed by atoms with E-state index >= 15 is 0 Å². The number of nitrogens with zero attached hydrogens (tertiary/aromatic N) is 3. The molecule has 19 heavy (non-hydrogen) atoms. The van der Waals surface area contributed by atoms with Crippen molar-refractivity contribution in [2.75, 3.05) is 13.1 Å². The van der Waals surface area contributed by atoms with Crippen molar-refractivity contribution in [1.82, 2.24) is 15.1 Å². The fraction of sp³-hybridized carbons (Fsp3) is 0.308. The van der Waals surface area contributed by atoms with Gasteiger partial charge in [-0.1, -0.05) is 6.07 Å². The quantitative estimate of drug-likeness (QED) is 0.857. The number of ether oxygens (including phenoxy) is 1. The van der Waals surface area contributed by atoms with Gasteiger partial charge in [0.05, 0.1) is 11.4 Å². The molecule has 1 aliphatic heterocycles. The molecule has 0 aromatic carbocycles. The van der Waals surface area contributed by atoms with E-state index in [1.165, 1.54) is 11.3 Å². The number of aromatic nitrogens is 2. The van der Waals surface area contributed by atoms with E-state index in [1.54, 1.807) is 18.3 Å². The molecule has 0 bridgehead atoms. The van der Waals surface area contributed by atoms with Crippen molar-refractivity contribution in [2.45, 2.75) is 12.5 Å². The molecule has 6 heteroatoms. The molecule has 0 saturated carbocycles. The summed E-state index contributed by atoms with van der Waals surface area (Å²) in [5.41, 5.74) is 0. The molecule has 0 radical (unpaired) electrons. The highest BCUT2D eigenvalue weighted by Crippen LogP contribution is 2.19. The number of carbonyl (C=O) groups excluding carboxylic acids is 1. The van der Waals surface area contributed by atoms with Crippen LogP contribution < -0.4 is 4.74 Å². The van der Waals surface area contributed by atoms with Gasteiger partial charge in [-0.2, -0.15) is 5.10 Å². The van der Waals surface area contributed by atoms with Crippen molar-refractivity contribution in [3.8, 4) is 5.88 Å². The van der Waals surface area contributed by atoms with Gasteiger partial charge in [0.15, 0.2) is 0 Å². The molecule has 0 aliphatic carbocycles. The van der Waals surface area contributed by atoms with Gasteiger partial charge in [-0.25, -0.2) is 0 Å². The van der Waals surface area contributed by atoms with Crippen LogP contribution in [0.4, 0.5) is 0 Å². The van der Waals surface area contributed by atoms with Gasteiger partial charge in [0.1, 0.15) is 6.10 Å². The molecule has 0 unspecified atom stereocenters. The number of carbonyl (C=O) groups is 1. The zero-order chi connectivity index (χ0) is 13.1. The smallest absolute Gasteiger partial charge is 0.264 e. The summed E-state index contributed by atoms with van der Waals surface area (Å²) in [6, 6.07) is 7.30. The van der Waals surface area contributed by atoms with E-state index in [0.717, 1.165) is 17.8 Å². The van der Waals surface area contributed by atoms with E-state index in [4.69, 9.17) is 4.74 Å². The standard InChI is InChI=1S/C13H13N3O2S/c17-13(11-3-2-8-19-11)16-7-5-10(9-16)18-12-4-1-6-14-15-12/h1-4,6,8,10H,5,7,9H2/t10-/m0/s1. The third-order valence-electron chi connectivity index (χ3n) is 3.00. The molecule has 1 aliphatic rings. The number of thiophene rings is 1. The Bertz CT molecular complexity index is 544. The second-order valence-electron chi connectivity index (χ2n) is 4.32. The molecular weight excluding hydrogens is 262 g/mol. The van der Waals surface area contributed by atoms with E-state index < -0.39 is 0 Å². The van der Waals surface area contributed by atoms with Crippen molar-refractivity contribution in [3.63, 3.8) is 0 Å². The van der Waals surface area contributed by atoms with Gasteiger partial charge in [0, 0.05) is 25.2 Å². The third kappa shape index (κ3) is 2.73. The van der Waals surface area contributed by atoms with Crippen LogP contribution in [0.1, 0.15) is 16.1 Å². The first kappa shape index (κ1) is 12.1. The van der Waals surface area contributed by atoms with Crippen LogP contribution in [-0.2, 0) is 0 Å². The Morgan fingerprint density at radius 1 is 1.42 bits per heavy atom. The molecule has 1 atom stereocenters. The lowest BCUT2D eigenvalue weighted by atomic mass is 10.3. The van der Waals surface area contributed by atoms with Crippen LogP contribution in [0.15, 0.2) is 35.8 Å². The maximum atomic E-state index is 12.2. The van der Waals surface area contributed by atoms with Crippen LogP contribution in [0.2, 0.25) is 0 Å². The summed E-state index contributed by atoms with van der Waals surface area (Å²) >= 11 is 1.47. The number of amides is 1. The topological polar surface area (TPSA) is 55.3 Å². The van der Waals surface area contributed by atoms with Crippen molar-refractivity contribution >= 4 is 17.2 Å². The Morgan fingerprint density at radius 3 is 3.11 bits per heavy atom. The lowest BCUT2D eigenvalue weighted by Crippen LogP contribution is -2.30. The maximum absolute atomic E-state index is 12.2. The highest BCUT2D eigenvalue weighted by Gasteiger charge is 2.28. The fourth-order valence-electron chi connectivity index (χ4n) is 2.09. The average molecular weight is 275 g/mol. The van der Waals surface area contributed by atoms with Gasteiger partial charge < -0.3 is 9.64 Å². The van der Waals surface area contributed by atoms with E-state index in [0.29, 0.717) is 12.4 Å². The summed E-state index contributed by atoms with van der Waals surface area (Å²) < 4.78 is 5.71. The van der Waals surface area contributed by atoms with Crippen LogP contribution in [0.5, 0.6) is 5.88 Å². The first-order chi connectivity index (χ1) is 9.33. The monoisotopic (exact) mass is 275 g/mol.